The Morgan fingerprint density at radius 1 is 1.42 bits per heavy atom. The lowest BCUT2D eigenvalue weighted by Crippen LogP contribution is -2.59. The Balaban J connectivity index is 2.32. The minimum atomic E-state index is -0.584. The van der Waals surface area contributed by atoms with Gasteiger partial charge in [0.15, 0.2) is 0 Å². The molecule has 1 saturated carbocycles. The topological polar surface area (TPSA) is 90.1 Å². The van der Waals surface area contributed by atoms with Crippen LogP contribution in [0.25, 0.3) is 0 Å². The molecule has 1 aliphatic heterocycles. The second-order valence-corrected chi connectivity index (χ2v) is 3.49. The summed E-state index contributed by atoms with van der Waals surface area (Å²) in [5.74, 6) is 0.445. The predicted molar refractivity (Wildman–Crippen MR) is 47.3 cm³/mol. The van der Waals surface area contributed by atoms with Crippen molar-refractivity contribution in [1.82, 2.24) is 5.32 Å². The number of nitrogens with two attached hydrogens (primary N) is 3. The normalized spacial score (nSPS) is 35.1. The lowest BCUT2D eigenvalue weighted by molar-refractivity contribution is 0.378. The van der Waals surface area contributed by atoms with E-state index >= 15 is 0 Å². The van der Waals surface area contributed by atoms with Gasteiger partial charge in [-0.25, -0.2) is 0 Å². The molecule has 12 heavy (non-hydrogen) atoms. The van der Waals surface area contributed by atoms with E-state index in [-0.39, 0.29) is 0 Å². The molecule has 0 aromatic heterocycles. The molecule has 0 spiro atoms. The minimum Gasteiger partial charge on any atom is -0.397 e. The van der Waals surface area contributed by atoms with Crippen LogP contribution in [0, 0.1) is 5.92 Å². The molecule has 2 rings (SSSR count). The molecule has 0 amide bonds. The van der Waals surface area contributed by atoms with Gasteiger partial charge in [-0.3, -0.25) is 0 Å². The maximum atomic E-state index is 6.07. The van der Waals surface area contributed by atoms with Crippen molar-refractivity contribution in [2.45, 2.75) is 18.5 Å². The fraction of sp³-hybridized carbons (Fsp3) is 0.500. The van der Waals surface area contributed by atoms with Crippen LogP contribution in [0.3, 0.4) is 0 Å². The van der Waals surface area contributed by atoms with Crippen LogP contribution in [0.1, 0.15) is 12.8 Å². The van der Waals surface area contributed by atoms with Gasteiger partial charge in [-0.2, -0.15) is 0 Å². The van der Waals surface area contributed by atoms with E-state index in [1.807, 2.05) is 0 Å². The predicted octanol–water partition coefficient (Wildman–Crippen LogP) is -0.703. The minimum absolute atomic E-state index is 0.445. The van der Waals surface area contributed by atoms with Crippen molar-refractivity contribution >= 4 is 0 Å². The van der Waals surface area contributed by atoms with Crippen LogP contribution < -0.4 is 22.5 Å². The van der Waals surface area contributed by atoms with E-state index in [0.29, 0.717) is 17.3 Å². The average molecular weight is 166 g/mol. The summed E-state index contributed by atoms with van der Waals surface area (Å²) in [6.45, 7) is 0. The third kappa shape index (κ3) is 0.881. The zero-order valence-corrected chi connectivity index (χ0v) is 6.88. The summed E-state index contributed by atoms with van der Waals surface area (Å²) < 4.78 is 0. The average Bonchev–Trinajstić information content (AvgIpc) is 2.82. The number of nitrogens with one attached hydrogen (secondary N) is 1. The third-order valence-corrected chi connectivity index (χ3v) is 2.56. The molecule has 66 valence electrons. The molecule has 1 atom stereocenters. The molecule has 0 aromatic rings. The number of hydrogen-bond acceptors (Lipinski definition) is 4. The van der Waals surface area contributed by atoms with Gasteiger partial charge in [0.25, 0.3) is 0 Å². The van der Waals surface area contributed by atoms with Gasteiger partial charge >= 0.3 is 0 Å². The fourth-order valence-corrected chi connectivity index (χ4v) is 1.55. The quantitative estimate of drug-likeness (QED) is 0.414. The first-order valence-corrected chi connectivity index (χ1v) is 4.13. The highest BCUT2D eigenvalue weighted by Gasteiger charge is 2.45. The highest BCUT2D eigenvalue weighted by molar-refractivity contribution is 5.34. The zero-order valence-electron chi connectivity index (χ0n) is 6.88. The van der Waals surface area contributed by atoms with Crippen molar-refractivity contribution in [3.63, 3.8) is 0 Å². The van der Waals surface area contributed by atoms with Gasteiger partial charge in [-0.05, 0) is 18.9 Å². The lowest BCUT2D eigenvalue weighted by Gasteiger charge is -2.33. The number of allylic oxidation sites excluding steroid dienone is 1. The molecule has 0 aromatic carbocycles. The van der Waals surface area contributed by atoms with Crippen molar-refractivity contribution in [3.05, 3.63) is 23.7 Å². The van der Waals surface area contributed by atoms with Crippen LogP contribution in [-0.2, 0) is 0 Å². The van der Waals surface area contributed by atoms with Gasteiger partial charge in [-0.15, -0.1) is 0 Å². The molecule has 4 nitrogen and oxygen atoms in total. The van der Waals surface area contributed by atoms with Crippen molar-refractivity contribution in [2.75, 3.05) is 0 Å². The molecule has 1 unspecified atom stereocenters. The molecule has 7 N–H and O–H groups in total. The Bertz CT molecular complexity index is 264. The Morgan fingerprint density at radius 2 is 2.08 bits per heavy atom. The van der Waals surface area contributed by atoms with E-state index in [1.54, 1.807) is 12.3 Å². The lowest BCUT2D eigenvalue weighted by atomic mass is 9.98. The van der Waals surface area contributed by atoms with E-state index in [4.69, 9.17) is 17.2 Å². The monoisotopic (exact) mass is 166 g/mol. The van der Waals surface area contributed by atoms with Crippen molar-refractivity contribution in [3.8, 4) is 0 Å². The van der Waals surface area contributed by atoms with Crippen molar-refractivity contribution < 1.29 is 0 Å². The first-order chi connectivity index (χ1) is 5.64. The highest BCUT2D eigenvalue weighted by Crippen LogP contribution is 2.40. The zero-order chi connectivity index (χ0) is 8.77. The molecule has 0 saturated heterocycles. The Hall–Kier alpha value is -1.16. The molecule has 4 heteroatoms. The van der Waals surface area contributed by atoms with Gasteiger partial charge in [0, 0.05) is 12.1 Å². The van der Waals surface area contributed by atoms with Gasteiger partial charge in [0.1, 0.15) is 5.66 Å². The molecule has 2 aliphatic rings. The second-order valence-electron chi connectivity index (χ2n) is 3.49. The van der Waals surface area contributed by atoms with Gasteiger partial charge in [0.05, 0.1) is 11.4 Å². The van der Waals surface area contributed by atoms with Gasteiger partial charge < -0.3 is 22.5 Å². The largest absolute Gasteiger partial charge is 0.397 e. The Labute approximate surface area is 71.5 Å². The Morgan fingerprint density at radius 3 is 2.67 bits per heavy atom. The smallest absolute Gasteiger partial charge is 0.131 e. The van der Waals surface area contributed by atoms with Crippen LogP contribution in [0.15, 0.2) is 23.7 Å². The Kier molecular flexibility index (Phi) is 1.35. The molecule has 1 heterocycles. The van der Waals surface area contributed by atoms with E-state index in [2.05, 4.69) is 5.32 Å². The summed E-state index contributed by atoms with van der Waals surface area (Å²) in [4.78, 5) is 0. The summed E-state index contributed by atoms with van der Waals surface area (Å²) in [7, 11) is 0. The second kappa shape index (κ2) is 2.17. The first-order valence-electron chi connectivity index (χ1n) is 4.13. The third-order valence-electron chi connectivity index (χ3n) is 2.56. The highest BCUT2D eigenvalue weighted by atomic mass is 15.1. The summed E-state index contributed by atoms with van der Waals surface area (Å²) in [6.07, 6.45) is 5.77. The van der Waals surface area contributed by atoms with E-state index < -0.39 is 5.66 Å². The van der Waals surface area contributed by atoms with Gasteiger partial charge in [0.2, 0.25) is 0 Å². The molecule has 0 bridgehead atoms. The SMILES string of the molecule is NC1=C(N)C(N)(C2CC2)NC=C1. The van der Waals surface area contributed by atoms with Crippen molar-refractivity contribution in [1.29, 1.82) is 0 Å². The van der Waals surface area contributed by atoms with E-state index in [9.17, 15) is 0 Å². The summed E-state index contributed by atoms with van der Waals surface area (Å²) in [5.41, 5.74) is 18.1. The van der Waals surface area contributed by atoms with Crippen LogP contribution in [-0.4, -0.2) is 5.66 Å². The standard InChI is InChI=1S/C8H14N4/c9-6-3-4-12-8(11,7(6)10)5-1-2-5/h3-5,12H,1-2,9-11H2. The summed E-state index contributed by atoms with van der Waals surface area (Å²) in [6, 6.07) is 0. The maximum absolute atomic E-state index is 6.07. The number of hydrogen-bond donors (Lipinski definition) is 4. The molecule has 0 radical (unpaired) electrons. The van der Waals surface area contributed by atoms with Crippen LogP contribution in [0.4, 0.5) is 0 Å². The first kappa shape index (κ1) is 7.49. The summed E-state index contributed by atoms with van der Waals surface area (Å²) in [5, 5.41) is 3.07. The van der Waals surface area contributed by atoms with Gasteiger partial charge in [-0.1, -0.05) is 0 Å². The van der Waals surface area contributed by atoms with E-state index in [0.717, 1.165) is 12.8 Å². The number of rotatable bonds is 1. The van der Waals surface area contributed by atoms with Crippen LogP contribution >= 0.6 is 0 Å². The maximum Gasteiger partial charge on any atom is 0.131 e. The van der Waals surface area contributed by atoms with Crippen LogP contribution in [0.2, 0.25) is 0 Å². The number of dihydropyridines is 1. The molecule has 1 aliphatic carbocycles. The fourth-order valence-electron chi connectivity index (χ4n) is 1.55. The molecular formula is C8H14N4. The molecule has 1 fully saturated rings. The van der Waals surface area contributed by atoms with Crippen LogP contribution in [0.5, 0.6) is 0 Å². The summed E-state index contributed by atoms with van der Waals surface area (Å²) >= 11 is 0. The van der Waals surface area contributed by atoms with E-state index in [1.165, 1.54) is 0 Å². The van der Waals surface area contributed by atoms with Crippen molar-refractivity contribution in [2.24, 2.45) is 23.1 Å². The molecular weight excluding hydrogens is 152 g/mol.